The normalized spacial score (nSPS) is 27.0. The average molecular weight is 360 g/mol. The Hall–Kier alpha value is -2.14. The monoisotopic (exact) mass is 360 g/mol. The number of esters is 1. The fourth-order valence-electron chi connectivity index (χ4n) is 3.98. The maximum atomic E-state index is 12.2. The SMILES string of the molecule is C=C1CCC(=C(C)C)[C@H]2C=C(C(=O)OC)CCC=C(C(=O)O)[C@H](O)C[C@H]12. The Morgan fingerprint density at radius 3 is 2.50 bits per heavy atom. The van der Waals surface area contributed by atoms with E-state index in [1.165, 1.54) is 24.3 Å². The second-order valence-corrected chi connectivity index (χ2v) is 7.25. The van der Waals surface area contributed by atoms with Gasteiger partial charge in [-0.3, -0.25) is 0 Å². The van der Waals surface area contributed by atoms with Crippen LogP contribution in [0.3, 0.4) is 0 Å². The number of allylic oxidation sites excluding steroid dienone is 5. The molecule has 0 aromatic carbocycles. The Morgan fingerprint density at radius 2 is 1.92 bits per heavy atom. The number of rotatable bonds is 2. The van der Waals surface area contributed by atoms with Gasteiger partial charge in [-0.2, -0.15) is 0 Å². The molecule has 0 bridgehead atoms. The number of ether oxygens (including phenoxy) is 1. The summed E-state index contributed by atoms with van der Waals surface area (Å²) >= 11 is 0. The van der Waals surface area contributed by atoms with Crippen LogP contribution in [0.15, 0.2) is 46.6 Å². The highest BCUT2D eigenvalue weighted by Gasteiger charge is 2.35. The van der Waals surface area contributed by atoms with Gasteiger partial charge in [-0.05, 0) is 51.9 Å². The van der Waals surface area contributed by atoms with Gasteiger partial charge in [0.15, 0.2) is 0 Å². The van der Waals surface area contributed by atoms with Crippen LogP contribution in [0.4, 0.5) is 0 Å². The maximum Gasteiger partial charge on any atom is 0.333 e. The zero-order valence-corrected chi connectivity index (χ0v) is 15.7. The molecule has 2 aliphatic rings. The van der Waals surface area contributed by atoms with Gasteiger partial charge in [0.05, 0.1) is 18.8 Å². The number of fused-ring (bicyclic) bond motifs is 1. The van der Waals surface area contributed by atoms with Crippen LogP contribution >= 0.6 is 0 Å². The standard InChI is InChI=1S/C21H28O5/c1-12(2)15-9-8-13(3)17-11-19(22)16(20(23)24)7-5-6-14(10-18(15)17)21(25)26-4/h7,10,17-19,22H,3,5-6,8-9,11H2,1-2,4H3,(H,23,24)/t17-,18-,19-/m1/s1. The summed E-state index contributed by atoms with van der Waals surface area (Å²) in [6.07, 6.45) is 5.11. The third-order valence-corrected chi connectivity index (χ3v) is 5.41. The van der Waals surface area contributed by atoms with Crippen molar-refractivity contribution in [2.75, 3.05) is 7.11 Å². The third-order valence-electron chi connectivity index (χ3n) is 5.41. The van der Waals surface area contributed by atoms with Gasteiger partial charge < -0.3 is 14.9 Å². The summed E-state index contributed by atoms with van der Waals surface area (Å²) in [6.45, 7) is 8.26. The summed E-state index contributed by atoms with van der Waals surface area (Å²) in [7, 11) is 1.35. The fraction of sp³-hybridized carbons (Fsp3) is 0.524. The average Bonchev–Trinajstić information content (AvgIpc) is 2.58. The lowest BCUT2D eigenvalue weighted by molar-refractivity contribution is -0.136. The maximum absolute atomic E-state index is 12.2. The highest BCUT2D eigenvalue weighted by atomic mass is 16.5. The van der Waals surface area contributed by atoms with E-state index >= 15 is 0 Å². The molecule has 5 nitrogen and oxygen atoms in total. The summed E-state index contributed by atoms with van der Waals surface area (Å²) in [4.78, 5) is 23.8. The smallest absolute Gasteiger partial charge is 0.333 e. The van der Waals surface area contributed by atoms with Gasteiger partial charge in [0.1, 0.15) is 0 Å². The summed E-state index contributed by atoms with van der Waals surface area (Å²) in [6, 6.07) is 0. The molecule has 0 spiro atoms. The van der Waals surface area contributed by atoms with Crippen LogP contribution in [0.5, 0.6) is 0 Å². The second kappa shape index (κ2) is 8.49. The van der Waals surface area contributed by atoms with Crippen molar-refractivity contribution in [2.24, 2.45) is 11.8 Å². The van der Waals surface area contributed by atoms with Crippen molar-refractivity contribution in [1.29, 1.82) is 0 Å². The molecule has 0 radical (unpaired) electrons. The summed E-state index contributed by atoms with van der Waals surface area (Å²) < 4.78 is 4.92. The topological polar surface area (TPSA) is 83.8 Å². The van der Waals surface area contributed by atoms with Crippen molar-refractivity contribution in [3.05, 3.63) is 46.6 Å². The lowest BCUT2D eigenvalue weighted by Gasteiger charge is -2.37. The minimum Gasteiger partial charge on any atom is -0.478 e. The number of hydrogen-bond acceptors (Lipinski definition) is 4. The van der Waals surface area contributed by atoms with E-state index in [-0.39, 0.29) is 29.8 Å². The third kappa shape index (κ3) is 4.33. The van der Waals surface area contributed by atoms with E-state index in [1.807, 2.05) is 19.9 Å². The molecule has 2 N–H and O–H groups in total. The summed E-state index contributed by atoms with van der Waals surface area (Å²) in [5.74, 6) is -1.69. The molecule has 2 aliphatic carbocycles. The molecule has 0 saturated heterocycles. The number of carboxylic acid groups (broad SMARTS) is 1. The number of carbonyl (C=O) groups is 2. The lowest BCUT2D eigenvalue weighted by atomic mass is 9.68. The summed E-state index contributed by atoms with van der Waals surface area (Å²) in [5, 5.41) is 20.0. The van der Waals surface area contributed by atoms with Crippen molar-refractivity contribution >= 4 is 11.9 Å². The molecule has 142 valence electrons. The first-order valence-corrected chi connectivity index (χ1v) is 9.00. The van der Waals surface area contributed by atoms with Gasteiger partial charge in [-0.1, -0.05) is 35.5 Å². The van der Waals surface area contributed by atoms with Gasteiger partial charge in [0, 0.05) is 11.5 Å². The van der Waals surface area contributed by atoms with Crippen LogP contribution in [0.1, 0.15) is 46.0 Å². The minimum absolute atomic E-state index is 0.00742. The highest BCUT2D eigenvalue weighted by molar-refractivity contribution is 5.89. The van der Waals surface area contributed by atoms with Gasteiger partial charge in [-0.25, -0.2) is 9.59 Å². The largest absolute Gasteiger partial charge is 0.478 e. The molecule has 3 atom stereocenters. The predicted molar refractivity (Wildman–Crippen MR) is 99.4 cm³/mol. The van der Waals surface area contributed by atoms with Crippen LogP contribution in [-0.2, 0) is 14.3 Å². The number of aliphatic carboxylic acids is 1. The van der Waals surface area contributed by atoms with Gasteiger partial charge >= 0.3 is 11.9 Å². The van der Waals surface area contributed by atoms with E-state index < -0.39 is 12.1 Å². The number of carbonyl (C=O) groups excluding carboxylic acids is 1. The van der Waals surface area contributed by atoms with E-state index in [2.05, 4.69) is 6.58 Å². The molecule has 0 unspecified atom stereocenters. The molecule has 0 heterocycles. The summed E-state index contributed by atoms with van der Waals surface area (Å²) in [5.41, 5.74) is 3.95. The number of aliphatic hydroxyl groups excluding tert-OH is 1. The molecule has 0 amide bonds. The first kappa shape index (κ1) is 20.2. The number of hydrogen-bond donors (Lipinski definition) is 2. The van der Waals surface area contributed by atoms with Crippen LogP contribution in [0.2, 0.25) is 0 Å². The van der Waals surface area contributed by atoms with E-state index in [0.717, 1.165) is 18.4 Å². The molecule has 1 fully saturated rings. The first-order valence-electron chi connectivity index (χ1n) is 9.00. The fourth-order valence-corrected chi connectivity index (χ4v) is 3.98. The minimum atomic E-state index is -1.12. The van der Waals surface area contributed by atoms with Crippen molar-refractivity contribution in [3.63, 3.8) is 0 Å². The van der Waals surface area contributed by atoms with E-state index in [4.69, 9.17) is 4.74 Å². The first-order chi connectivity index (χ1) is 12.3. The van der Waals surface area contributed by atoms with Crippen molar-refractivity contribution < 1.29 is 24.5 Å². The molecular formula is C21H28O5. The molecule has 2 rings (SSSR count). The van der Waals surface area contributed by atoms with Crippen LogP contribution in [0, 0.1) is 11.8 Å². The van der Waals surface area contributed by atoms with Crippen LogP contribution in [0.25, 0.3) is 0 Å². The Balaban J connectivity index is 2.56. The van der Waals surface area contributed by atoms with Gasteiger partial charge in [-0.15, -0.1) is 0 Å². The number of carboxylic acids is 1. The Kier molecular flexibility index (Phi) is 6.59. The van der Waals surface area contributed by atoms with Crippen LogP contribution in [-0.4, -0.2) is 35.4 Å². The Labute approximate surface area is 154 Å². The van der Waals surface area contributed by atoms with Crippen molar-refractivity contribution in [3.8, 4) is 0 Å². The zero-order valence-electron chi connectivity index (χ0n) is 15.7. The van der Waals surface area contributed by atoms with E-state index in [9.17, 15) is 19.8 Å². The molecular weight excluding hydrogens is 332 g/mol. The van der Waals surface area contributed by atoms with Gasteiger partial charge in [0.2, 0.25) is 0 Å². The molecule has 1 saturated carbocycles. The number of aliphatic hydroxyl groups is 1. The Bertz CT molecular complexity index is 691. The predicted octanol–water partition coefficient (Wildman–Crippen LogP) is 3.56. The van der Waals surface area contributed by atoms with E-state index in [1.54, 1.807) is 0 Å². The zero-order chi connectivity index (χ0) is 19.4. The second-order valence-electron chi connectivity index (χ2n) is 7.25. The van der Waals surface area contributed by atoms with Gasteiger partial charge in [0.25, 0.3) is 0 Å². The Morgan fingerprint density at radius 1 is 1.23 bits per heavy atom. The number of methoxy groups -OCH3 is 1. The van der Waals surface area contributed by atoms with E-state index in [0.29, 0.717) is 18.4 Å². The molecule has 0 aromatic rings. The molecule has 26 heavy (non-hydrogen) atoms. The highest BCUT2D eigenvalue weighted by Crippen LogP contribution is 2.43. The lowest BCUT2D eigenvalue weighted by Crippen LogP contribution is -2.30. The van der Waals surface area contributed by atoms with Crippen LogP contribution < -0.4 is 0 Å². The van der Waals surface area contributed by atoms with Crippen molar-refractivity contribution in [2.45, 2.75) is 52.1 Å². The molecule has 5 heteroatoms. The quantitative estimate of drug-likeness (QED) is 0.581. The molecule has 0 aromatic heterocycles. The van der Waals surface area contributed by atoms with Crippen molar-refractivity contribution in [1.82, 2.24) is 0 Å². The molecule has 0 aliphatic heterocycles.